The molecule has 0 aromatic carbocycles. The molecule has 1 aliphatic rings. The van der Waals surface area contributed by atoms with Gasteiger partial charge < -0.3 is 9.36 Å². The summed E-state index contributed by atoms with van der Waals surface area (Å²) in [5.41, 5.74) is 1.07. The first-order valence-electron chi connectivity index (χ1n) is 5.29. The molecular formula is C11H16N2O. The third-order valence-corrected chi connectivity index (χ3v) is 3.04. The molecule has 2 rings (SSSR count). The predicted octanol–water partition coefficient (Wildman–Crippen LogP) is 2.05. The first-order valence-corrected chi connectivity index (χ1v) is 5.29. The van der Waals surface area contributed by atoms with E-state index in [0.717, 1.165) is 17.8 Å². The summed E-state index contributed by atoms with van der Waals surface area (Å²) in [5.74, 6) is 1.05. The maximum absolute atomic E-state index is 10.5. The van der Waals surface area contributed by atoms with Crippen molar-refractivity contribution in [2.45, 2.75) is 45.1 Å². The van der Waals surface area contributed by atoms with Crippen LogP contribution in [0.2, 0.25) is 0 Å². The number of carbonyl (C=O) groups excluding carboxylic acids is 1. The molecule has 0 spiro atoms. The van der Waals surface area contributed by atoms with E-state index in [0.29, 0.717) is 12.5 Å². The normalized spacial score (nSPS) is 17.5. The highest BCUT2D eigenvalue weighted by atomic mass is 16.1. The first kappa shape index (κ1) is 9.44. The van der Waals surface area contributed by atoms with Gasteiger partial charge in [0.2, 0.25) is 0 Å². The molecule has 1 heterocycles. The average Bonchev–Trinajstić information content (AvgIpc) is 2.76. The molecule has 3 nitrogen and oxygen atoms in total. The zero-order chi connectivity index (χ0) is 9.97. The summed E-state index contributed by atoms with van der Waals surface area (Å²) in [6.07, 6.45) is 8.39. The smallest absolute Gasteiger partial charge is 0.125 e. The van der Waals surface area contributed by atoms with Crippen molar-refractivity contribution in [2.75, 3.05) is 0 Å². The molecule has 1 aromatic rings. The Balaban J connectivity index is 2.28. The van der Waals surface area contributed by atoms with Crippen LogP contribution in [0.4, 0.5) is 0 Å². The van der Waals surface area contributed by atoms with Crippen LogP contribution in [0.1, 0.15) is 43.2 Å². The Morgan fingerprint density at radius 3 is 2.93 bits per heavy atom. The summed E-state index contributed by atoms with van der Waals surface area (Å²) in [5, 5.41) is 0. The standard InChI is InChI=1S/C11H16N2O/c1-9-12-8-11(6-7-14)13(9)10-4-2-3-5-10/h7-8,10H,2-6H2,1H3. The van der Waals surface area contributed by atoms with Crippen LogP contribution in [-0.4, -0.2) is 15.8 Å². The lowest BCUT2D eigenvalue weighted by Crippen LogP contribution is -2.10. The largest absolute Gasteiger partial charge is 0.329 e. The van der Waals surface area contributed by atoms with E-state index in [1.807, 2.05) is 13.1 Å². The van der Waals surface area contributed by atoms with Crippen LogP contribution in [0.15, 0.2) is 6.20 Å². The molecule has 76 valence electrons. The molecule has 1 aromatic heterocycles. The molecule has 14 heavy (non-hydrogen) atoms. The summed E-state index contributed by atoms with van der Waals surface area (Å²) < 4.78 is 2.25. The first-order chi connectivity index (χ1) is 6.83. The van der Waals surface area contributed by atoms with Gasteiger partial charge in [-0.15, -0.1) is 0 Å². The highest BCUT2D eigenvalue weighted by Crippen LogP contribution is 2.31. The zero-order valence-electron chi connectivity index (χ0n) is 8.57. The van der Waals surface area contributed by atoms with Gasteiger partial charge in [-0.05, 0) is 19.8 Å². The number of hydrogen-bond acceptors (Lipinski definition) is 2. The lowest BCUT2D eigenvalue weighted by atomic mass is 10.2. The van der Waals surface area contributed by atoms with Gasteiger partial charge in [0.1, 0.15) is 12.1 Å². The summed E-state index contributed by atoms with van der Waals surface area (Å²) in [6.45, 7) is 2.02. The topological polar surface area (TPSA) is 34.9 Å². The second-order valence-corrected chi connectivity index (χ2v) is 3.98. The summed E-state index contributed by atoms with van der Waals surface area (Å²) in [7, 11) is 0. The third-order valence-electron chi connectivity index (χ3n) is 3.04. The number of carbonyl (C=O) groups is 1. The molecule has 1 fully saturated rings. The van der Waals surface area contributed by atoms with Crippen molar-refractivity contribution in [2.24, 2.45) is 0 Å². The number of rotatable bonds is 3. The summed E-state index contributed by atoms with van der Waals surface area (Å²) in [4.78, 5) is 14.8. The van der Waals surface area contributed by atoms with Gasteiger partial charge in [-0.25, -0.2) is 4.98 Å². The van der Waals surface area contributed by atoms with E-state index < -0.39 is 0 Å². The van der Waals surface area contributed by atoms with Crippen molar-refractivity contribution in [3.63, 3.8) is 0 Å². The quantitative estimate of drug-likeness (QED) is 0.687. The van der Waals surface area contributed by atoms with Crippen molar-refractivity contribution < 1.29 is 4.79 Å². The molecule has 0 unspecified atom stereocenters. The van der Waals surface area contributed by atoms with Crippen LogP contribution in [0.25, 0.3) is 0 Å². The second kappa shape index (κ2) is 3.95. The molecule has 1 saturated carbocycles. The highest BCUT2D eigenvalue weighted by molar-refractivity contribution is 5.53. The Bertz CT molecular complexity index is 324. The van der Waals surface area contributed by atoms with Crippen LogP contribution in [0.3, 0.4) is 0 Å². The Labute approximate surface area is 84.1 Å². The van der Waals surface area contributed by atoms with Gasteiger partial charge in [-0.2, -0.15) is 0 Å². The fourth-order valence-corrected chi connectivity index (χ4v) is 2.40. The van der Waals surface area contributed by atoms with Crippen molar-refractivity contribution >= 4 is 6.29 Å². The number of aromatic nitrogens is 2. The van der Waals surface area contributed by atoms with Crippen LogP contribution >= 0.6 is 0 Å². The number of imidazole rings is 1. The van der Waals surface area contributed by atoms with Crippen molar-refractivity contribution in [3.05, 3.63) is 17.7 Å². The van der Waals surface area contributed by atoms with E-state index in [1.54, 1.807) is 0 Å². The van der Waals surface area contributed by atoms with Gasteiger partial charge in [-0.3, -0.25) is 0 Å². The molecule has 0 atom stereocenters. The number of aryl methyl sites for hydroxylation is 1. The molecule has 3 heteroatoms. The lowest BCUT2D eigenvalue weighted by molar-refractivity contribution is -0.107. The van der Waals surface area contributed by atoms with Gasteiger partial charge in [0.05, 0.1) is 0 Å². The van der Waals surface area contributed by atoms with Crippen molar-refractivity contribution in [1.29, 1.82) is 0 Å². The highest BCUT2D eigenvalue weighted by Gasteiger charge is 2.20. The molecule has 1 aliphatic carbocycles. The second-order valence-electron chi connectivity index (χ2n) is 3.98. The Morgan fingerprint density at radius 1 is 1.57 bits per heavy atom. The number of hydrogen-bond donors (Lipinski definition) is 0. The van der Waals surface area contributed by atoms with E-state index in [9.17, 15) is 4.79 Å². The number of nitrogens with zero attached hydrogens (tertiary/aromatic N) is 2. The summed E-state index contributed by atoms with van der Waals surface area (Å²) >= 11 is 0. The fraction of sp³-hybridized carbons (Fsp3) is 0.636. The predicted molar refractivity (Wildman–Crippen MR) is 54.2 cm³/mol. The fourth-order valence-electron chi connectivity index (χ4n) is 2.40. The minimum atomic E-state index is 0.497. The lowest BCUT2D eigenvalue weighted by Gasteiger charge is -2.16. The van der Waals surface area contributed by atoms with Crippen LogP contribution in [0, 0.1) is 6.92 Å². The van der Waals surface area contributed by atoms with Gasteiger partial charge >= 0.3 is 0 Å². The minimum absolute atomic E-state index is 0.497. The van der Waals surface area contributed by atoms with Gasteiger partial charge in [0, 0.05) is 24.4 Å². The van der Waals surface area contributed by atoms with E-state index in [4.69, 9.17) is 0 Å². The molecule has 0 aliphatic heterocycles. The Morgan fingerprint density at radius 2 is 2.29 bits per heavy atom. The SMILES string of the molecule is Cc1ncc(CC=O)n1C1CCCC1. The van der Waals surface area contributed by atoms with Gasteiger partial charge in [0.15, 0.2) is 0 Å². The Kier molecular flexibility index (Phi) is 2.66. The zero-order valence-corrected chi connectivity index (χ0v) is 8.57. The average molecular weight is 192 g/mol. The molecule has 0 radical (unpaired) electrons. The minimum Gasteiger partial charge on any atom is -0.329 e. The molecule has 0 saturated heterocycles. The van der Waals surface area contributed by atoms with Crippen molar-refractivity contribution in [1.82, 2.24) is 9.55 Å². The van der Waals surface area contributed by atoms with Crippen LogP contribution < -0.4 is 0 Å². The van der Waals surface area contributed by atoms with Crippen molar-refractivity contribution in [3.8, 4) is 0 Å². The Hall–Kier alpha value is -1.12. The maximum atomic E-state index is 10.5. The van der Waals surface area contributed by atoms with Crippen LogP contribution in [0.5, 0.6) is 0 Å². The summed E-state index contributed by atoms with van der Waals surface area (Å²) in [6, 6.07) is 0.590. The molecule has 0 bridgehead atoms. The number of aldehydes is 1. The van der Waals surface area contributed by atoms with E-state index >= 15 is 0 Å². The molecular weight excluding hydrogens is 176 g/mol. The third kappa shape index (κ3) is 1.59. The monoisotopic (exact) mass is 192 g/mol. The molecule has 0 amide bonds. The maximum Gasteiger partial charge on any atom is 0.125 e. The van der Waals surface area contributed by atoms with Gasteiger partial charge in [-0.1, -0.05) is 12.8 Å². The van der Waals surface area contributed by atoms with Crippen LogP contribution in [-0.2, 0) is 11.2 Å². The molecule has 0 N–H and O–H groups in total. The van der Waals surface area contributed by atoms with E-state index in [2.05, 4.69) is 9.55 Å². The van der Waals surface area contributed by atoms with Gasteiger partial charge in [0.25, 0.3) is 0 Å². The van der Waals surface area contributed by atoms with E-state index in [-0.39, 0.29) is 0 Å². The van der Waals surface area contributed by atoms with E-state index in [1.165, 1.54) is 25.7 Å².